The van der Waals surface area contributed by atoms with Crippen LogP contribution in [0.4, 0.5) is 0 Å². The van der Waals surface area contributed by atoms with Gasteiger partial charge in [0.15, 0.2) is 5.96 Å². The quantitative estimate of drug-likeness (QED) is 0.648. The van der Waals surface area contributed by atoms with Crippen LogP contribution in [-0.2, 0) is 11.3 Å². The second kappa shape index (κ2) is 7.75. The predicted octanol–water partition coefficient (Wildman–Crippen LogP) is 2.49. The van der Waals surface area contributed by atoms with Gasteiger partial charge in [0.1, 0.15) is 5.01 Å². The zero-order valence-electron chi connectivity index (χ0n) is 14.2. The lowest BCUT2D eigenvalue weighted by molar-refractivity contribution is 0.0205. The van der Waals surface area contributed by atoms with Crippen molar-refractivity contribution in [2.75, 3.05) is 20.7 Å². The molecule has 0 spiro atoms. The topological polar surface area (TPSA) is 58.5 Å². The minimum Gasteiger partial charge on any atom is -0.379 e. The van der Waals surface area contributed by atoms with Gasteiger partial charge in [-0.1, -0.05) is 20.8 Å². The SMILES string of the molecule is CN=C(NCc1nc(C)c(C)s1)NCC(OC)C(C)(C)C. The Bertz CT molecular complexity index is 457. The molecule has 1 unspecified atom stereocenters. The molecule has 0 saturated carbocycles. The number of nitrogens with one attached hydrogen (secondary N) is 2. The second-order valence-electron chi connectivity index (χ2n) is 6.15. The summed E-state index contributed by atoms with van der Waals surface area (Å²) in [6.07, 6.45) is 0.125. The van der Waals surface area contributed by atoms with Crippen molar-refractivity contribution < 1.29 is 4.74 Å². The molecule has 1 rings (SSSR count). The molecule has 1 heterocycles. The molecule has 0 fully saturated rings. The first-order chi connectivity index (χ1) is 9.77. The van der Waals surface area contributed by atoms with Crippen LogP contribution in [-0.4, -0.2) is 37.7 Å². The third-order valence-corrected chi connectivity index (χ3v) is 4.48. The van der Waals surface area contributed by atoms with E-state index in [9.17, 15) is 0 Å². The lowest BCUT2D eigenvalue weighted by Gasteiger charge is -2.30. The number of aromatic nitrogens is 1. The van der Waals surface area contributed by atoms with Gasteiger partial charge in [-0.3, -0.25) is 4.99 Å². The maximum Gasteiger partial charge on any atom is 0.191 e. The number of hydrogen-bond donors (Lipinski definition) is 2. The van der Waals surface area contributed by atoms with Crippen molar-refractivity contribution >= 4 is 17.3 Å². The van der Waals surface area contributed by atoms with Crippen molar-refractivity contribution in [2.45, 2.75) is 47.3 Å². The first kappa shape index (κ1) is 17.9. The average molecular weight is 312 g/mol. The molecule has 0 aliphatic rings. The highest BCUT2D eigenvalue weighted by Gasteiger charge is 2.24. The Kier molecular flexibility index (Phi) is 6.61. The summed E-state index contributed by atoms with van der Waals surface area (Å²) in [5.74, 6) is 0.770. The van der Waals surface area contributed by atoms with E-state index in [1.807, 2.05) is 6.92 Å². The minimum atomic E-state index is 0.0874. The smallest absolute Gasteiger partial charge is 0.191 e. The third kappa shape index (κ3) is 5.63. The molecule has 0 bridgehead atoms. The fourth-order valence-electron chi connectivity index (χ4n) is 1.93. The van der Waals surface area contributed by atoms with Gasteiger partial charge in [-0.2, -0.15) is 0 Å². The zero-order chi connectivity index (χ0) is 16.0. The standard InChI is InChI=1S/C15H28N4OS/c1-10-11(2)21-13(19-10)9-18-14(16-6)17-8-12(20-7)15(3,4)5/h12H,8-9H2,1-7H3,(H2,16,17,18). The summed E-state index contributed by atoms with van der Waals surface area (Å²) in [5, 5.41) is 7.67. The Morgan fingerprint density at radius 3 is 2.43 bits per heavy atom. The fraction of sp³-hybridized carbons (Fsp3) is 0.733. The van der Waals surface area contributed by atoms with Crippen LogP contribution in [0.2, 0.25) is 0 Å². The monoisotopic (exact) mass is 312 g/mol. The van der Waals surface area contributed by atoms with Gasteiger partial charge in [-0.25, -0.2) is 4.98 Å². The molecule has 0 aliphatic carbocycles. The van der Waals surface area contributed by atoms with E-state index in [-0.39, 0.29) is 11.5 Å². The van der Waals surface area contributed by atoms with Crippen LogP contribution < -0.4 is 10.6 Å². The number of rotatable bonds is 5. The zero-order valence-corrected chi connectivity index (χ0v) is 15.0. The number of nitrogens with zero attached hydrogens (tertiary/aromatic N) is 2. The van der Waals surface area contributed by atoms with Crippen LogP contribution in [0.25, 0.3) is 0 Å². The summed E-state index contributed by atoms with van der Waals surface area (Å²) in [6, 6.07) is 0. The molecule has 21 heavy (non-hydrogen) atoms. The highest BCUT2D eigenvalue weighted by Crippen LogP contribution is 2.21. The Morgan fingerprint density at radius 1 is 1.33 bits per heavy atom. The van der Waals surface area contributed by atoms with Gasteiger partial charge >= 0.3 is 0 Å². The summed E-state index contributed by atoms with van der Waals surface area (Å²) in [4.78, 5) is 10.0. The molecular weight excluding hydrogens is 284 g/mol. The lowest BCUT2D eigenvalue weighted by Crippen LogP contribution is -2.45. The predicted molar refractivity (Wildman–Crippen MR) is 90.0 cm³/mol. The molecule has 120 valence electrons. The van der Waals surface area contributed by atoms with E-state index >= 15 is 0 Å². The Morgan fingerprint density at radius 2 is 2.00 bits per heavy atom. The number of hydrogen-bond acceptors (Lipinski definition) is 4. The molecule has 1 aromatic heterocycles. The minimum absolute atomic E-state index is 0.0874. The van der Waals surface area contributed by atoms with Gasteiger partial charge in [-0.05, 0) is 19.3 Å². The number of guanidine groups is 1. The maximum atomic E-state index is 5.54. The van der Waals surface area contributed by atoms with Gasteiger partial charge in [-0.15, -0.1) is 11.3 Å². The highest BCUT2D eigenvalue weighted by atomic mass is 32.1. The third-order valence-electron chi connectivity index (χ3n) is 3.41. The van der Waals surface area contributed by atoms with Crippen molar-refractivity contribution in [3.05, 3.63) is 15.6 Å². The second-order valence-corrected chi connectivity index (χ2v) is 7.43. The van der Waals surface area contributed by atoms with Gasteiger partial charge in [0, 0.05) is 25.6 Å². The summed E-state index contributed by atoms with van der Waals surface area (Å²) in [6.45, 7) is 12.0. The molecule has 0 radical (unpaired) electrons. The molecule has 0 aliphatic heterocycles. The van der Waals surface area contributed by atoms with E-state index in [2.05, 4.69) is 48.3 Å². The molecule has 1 aromatic rings. The van der Waals surface area contributed by atoms with Gasteiger partial charge in [0.2, 0.25) is 0 Å². The van der Waals surface area contributed by atoms with Crippen molar-refractivity contribution in [3.63, 3.8) is 0 Å². The number of thiazole rings is 1. The van der Waals surface area contributed by atoms with E-state index in [1.165, 1.54) is 4.88 Å². The van der Waals surface area contributed by atoms with Crippen LogP contribution in [0.5, 0.6) is 0 Å². The Labute approximate surface area is 132 Å². The highest BCUT2D eigenvalue weighted by molar-refractivity contribution is 7.11. The maximum absolute atomic E-state index is 5.54. The van der Waals surface area contributed by atoms with Crippen LogP contribution in [0.3, 0.4) is 0 Å². The molecule has 0 aromatic carbocycles. The number of aryl methyl sites for hydroxylation is 2. The summed E-state index contributed by atoms with van der Waals surface area (Å²) < 4.78 is 5.54. The molecule has 0 saturated heterocycles. The number of ether oxygens (including phenoxy) is 1. The average Bonchev–Trinajstić information content (AvgIpc) is 2.71. The van der Waals surface area contributed by atoms with Gasteiger partial charge in [0.05, 0.1) is 18.3 Å². The molecule has 6 heteroatoms. The van der Waals surface area contributed by atoms with Gasteiger partial charge < -0.3 is 15.4 Å². The van der Waals surface area contributed by atoms with Crippen molar-refractivity contribution in [3.8, 4) is 0 Å². The summed E-state index contributed by atoms with van der Waals surface area (Å²) >= 11 is 1.72. The van der Waals surface area contributed by atoms with Crippen LogP contribution in [0.1, 0.15) is 36.3 Å². The van der Waals surface area contributed by atoms with E-state index in [0.717, 1.165) is 23.2 Å². The van der Waals surface area contributed by atoms with E-state index in [4.69, 9.17) is 4.74 Å². The van der Waals surface area contributed by atoms with Crippen LogP contribution in [0.15, 0.2) is 4.99 Å². The largest absolute Gasteiger partial charge is 0.379 e. The normalized spacial score (nSPS) is 14.1. The Hall–Kier alpha value is -1.14. The Balaban J connectivity index is 2.49. The van der Waals surface area contributed by atoms with E-state index < -0.39 is 0 Å². The molecule has 0 amide bonds. The fourth-order valence-corrected chi connectivity index (χ4v) is 2.80. The van der Waals surface area contributed by atoms with Crippen molar-refractivity contribution in [2.24, 2.45) is 10.4 Å². The summed E-state index contributed by atoms with van der Waals surface area (Å²) in [7, 11) is 3.52. The van der Waals surface area contributed by atoms with Crippen molar-refractivity contribution in [1.82, 2.24) is 15.6 Å². The molecule has 2 N–H and O–H groups in total. The van der Waals surface area contributed by atoms with Gasteiger partial charge in [0.25, 0.3) is 0 Å². The molecule has 5 nitrogen and oxygen atoms in total. The van der Waals surface area contributed by atoms with E-state index in [1.54, 1.807) is 25.5 Å². The van der Waals surface area contributed by atoms with Crippen LogP contribution >= 0.6 is 11.3 Å². The lowest BCUT2D eigenvalue weighted by atomic mass is 9.89. The first-order valence-corrected chi connectivity index (χ1v) is 7.99. The van der Waals surface area contributed by atoms with E-state index in [0.29, 0.717) is 6.54 Å². The first-order valence-electron chi connectivity index (χ1n) is 7.18. The summed E-state index contributed by atoms with van der Waals surface area (Å²) in [5.41, 5.74) is 1.19. The van der Waals surface area contributed by atoms with Crippen LogP contribution in [0, 0.1) is 19.3 Å². The number of aliphatic imine (C=N–C) groups is 1. The number of methoxy groups -OCH3 is 1. The molecular formula is C15H28N4OS. The molecule has 1 atom stereocenters. The van der Waals surface area contributed by atoms with Crippen molar-refractivity contribution in [1.29, 1.82) is 0 Å².